The third kappa shape index (κ3) is 3.21. The minimum atomic E-state index is -4.52. The third-order valence-corrected chi connectivity index (χ3v) is 1.88. The molecule has 0 aliphatic heterocycles. The molecule has 2 nitrogen and oxygen atoms in total. The predicted octanol–water partition coefficient (Wildman–Crippen LogP) is 2.76. The molecular weight excluding hydrogens is 231 g/mol. The van der Waals surface area contributed by atoms with Gasteiger partial charge in [-0.1, -0.05) is 23.8 Å². The van der Waals surface area contributed by atoms with Crippen molar-refractivity contribution in [2.75, 3.05) is 6.61 Å². The molecule has 6 heteroatoms. The van der Waals surface area contributed by atoms with Crippen molar-refractivity contribution in [1.29, 1.82) is 0 Å². The van der Waals surface area contributed by atoms with E-state index >= 15 is 0 Å². The van der Waals surface area contributed by atoms with E-state index < -0.39 is 16.9 Å². The number of aliphatic hydroxyl groups excluding tert-OH is 1. The van der Waals surface area contributed by atoms with E-state index in [2.05, 4.69) is 4.98 Å². The largest absolute Gasteiger partial charge is 0.419 e. The van der Waals surface area contributed by atoms with Crippen molar-refractivity contribution in [3.63, 3.8) is 0 Å². The number of hydrogen-bond acceptors (Lipinski definition) is 2. The molecule has 1 rings (SSSR count). The van der Waals surface area contributed by atoms with Crippen LogP contribution in [-0.2, 0) is 6.18 Å². The third-order valence-electron chi connectivity index (χ3n) is 1.58. The van der Waals surface area contributed by atoms with Crippen LogP contribution in [0.3, 0.4) is 0 Å². The smallest absolute Gasteiger partial charge is 0.392 e. The Morgan fingerprint density at radius 2 is 2.13 bits per heavy atom. The van der Waals surface area contributed by atoms with Crippen LogP contribution in [0, 0.1) is 0 Å². The molecule has 1 N–H and O–H groups in total. The van der Waals surface area contributed by atoms with Crippen molar-refractivity contribution in [3.8, 4) is 0 Å². The summed E-state index contributed by atoms with van der Waals surface area (Å²) in [5.41, 5.74) is -0.745. The highest BCUT2D eigenvalue weighted by Crippen LogP contribution is 2.33. The maximum Gasteiger partial charge on any atom is 0.419 e. The molecule has 0 aromatic carbocycles. The number of hydrogen-bond donors (Lipinski definition) is 1. The molecule has 1 heterocycles. The number of aromatic nitrogens is 1. The number of rotatable bonds is 2. The second-order valence-corrected chi connectivity index (χ2v) is 3.05. The van der Waals surface area contributed by atoms with E-state index in [-0.39, 0.29) is 12.2 Å². The van der Waals surface area contributed by atoms with E-state index in [4.69, 9.17) is 16.7 Å². The lowest BCUT2D eigenvalue weighted by atomic mass is 10.2. The van der Waals surface area contributed by atoms with Crippen molar-refractivity contribution in [2.24, 2.45) is 0 Å². The topological polar surface area (TPSA) is 33.1 Å². The molecule has 1 aromatic rings. The first-order valence-corrected chi connectivity index (χ1v) is 4.33. The van der Waals surface area contributed by atoms with Gasteiger partial charge < -0.3 is 5.11 Å². The Hall–Kier alpha value is -1.07. The molecule has 0 amide bonds. The van der Waals surface area contributed by atoms with E-state index in [0.29, 0.717) is 0 Å². The summed E-state index contributed by atoms with van der Waals surface area (Å²) in [5.74, 6) is 0. The molecule has 15 heavy (non-hydrogen) atoms. The minimum absolute atomic E-state index is 0.237. The number of nitrogens with zero attached hydrogens (tertiary/aromatic N) is 1. The minimum Gasteiger partial charge on any atom is -0.392 e. The molecular formula is C9H7ClF3NO. The van der Waals surface area contributed by atoms with Gasteiger partial charge in [0.1, 0.15) is 5.15 Å². The van der Waals surface area contributed by atoms with Crippen molar-refractivity contribution < 1.29 is 18.3 Å². The van der Waals surface area contributed by atoms with Gasteiger partial charge in [0.25, 0.3) is 0 Å². The number of halogens is 4. The monoisotopic (exact) mass is 237 g/mol. The maximum atomic E-state index is 12.4. The second kappa shape index (κ2) is 4.63. The molecule has 82 valence electrons. The Morgan fingerprint density at radius 3 is 2.67 bits per heavy atom. The summed E-state index contributed by atoms with van der Waals surface area (Å²) in [6.45, 7) is -0.246. The zero-order valence-corrected chi connectivity index (χ0v) is 8.18. The van der Waals surface area contributed by atoms with Crippen LogP contribution in [0.1, 0.15) is 11.1 Å². The Bertz CT molecular complexity index is 376. The molecule has 0 saturated carbocycles. The lowest BCUT2D eigenvalue weighted by Crippen LogP contribution is -2.07. The van der Waals surface area contributed by atoms with Crippen LogP contribution in [0.4, 0.5) is 13.2 Å². The van der Waals surface area contributed by atoms with Gasteiger partial charge in [-0.15, -0.1) is 0 Å². The summed E-state index contributed by atoms with van der Waals surface area (Å²) in [5, 5.41) is 7.88. The number of alkyl halides is 3. The van der Waals surface area contributed by atoms with Gasteiger partial charge in [-0.25, -0.2) is 4.98 Å². The molecule has 0 radical (unpaired) electrons. The SMILES string of the molecule is OCC=Cc1cnc(Cl)c(C(F)(F)F)c1. The lowest BCUT2D eigenvalue weighted by Gasteiger charge is -2.08. The Balaban J connectivity index is 3.11. The first-order valence-electron chi connectivity index (χ1n) is 3.95. The molecule has 0 saturated heterocycles. The predicted molar refractivity (Wildman–Crippen MR) is 50.4 cm³/mol. The van der Waals surface area contributed by atoms with Crippen molar-refractivity contribution in [2.45, 2.75) is 6.18 Å². The summed E-state index contributed by atoms with van der Waals surface area (Å²) in [7, 11) is 0. The van der Waals surface area contributed by atoms with E-state index in [0.717, 1.165) is 6.07 Å². The lowest BCUT2D eigenvalue weighted by molar-refractivity contribution is -0.137. The summed E-state index contributed by atoms with van der Waals surface area (Å²) < 4.78 is 37.1. The standard InChI is InChI=1S/C9H7ClF3NO/c10-8-7(9(11,12)13)4-6(5-14-8)2-1-3-15/h1-2,4-5,15H,3H2. The average molecular weight is 238 g/mol. The molecule has 1 aromatic heterocycles. The Morgan fingerprint density at radius 1 is 1.47 bits per heavy atom. The van der Waals surface area contributed by atoms with Crippen LogP contribution in [0.15, 0.2) is 18.3 Å². The molecule has 0 fully saturated rings. The van der Waals surface area contributed by atoms with Gasteiger partial charge in [-0.3, -0.25) is 0 Å². The van der Waals surface area contributed by atoms with E-state index in [9.17, 15) is 13.2 Å². The molecule has 0 aliphatic rings. The van der Waals surface area contributed by atoms with Crippen LogP contribution in [-0.4, -0.2) is 16.7 Å². The fourth-order valence-corrected chi connectivity index (χ4v) is 1.15. The molecule has 0 bridgehead atoms. The fraction of sp³-hybridized carbons (Fsp3) is 0.222. The van der Waals surface area contributed by atoms with Gasteiger partial charge >= 0.3 is 6.18 Å². The highest BCUT2D eigenvalue weighted by molar-refractivity contribution is 6.30. The van der Waals surface area contributed by atoms with Gasteiger partial charge in [0, 0.05) is 6.20 Å². The molecule has 0 unspecified atom stereocenters. The maximum absolute atomic E-state index is 12.4. The average Bonchev–Trinajstić information content (AvgIpc) is 2.15. The Kier molecular flexibility index (Phi) is 3.71. The van der Waals surface area contributed by atoms with Gasteiger partial charge in [-0.05, 0) is 11.6 Å². The van der Waals surface area contributed by atoms with Gasteiger partial charge in [0.05, 0.1) is 12.2 Å². The zero-order valence-electron chi connectivity index (χ0n) is 7.42. The number of pyridine rings is 1. The van der Waals surface area contributed by atoms with Gasteiger partial charge in [-0.2, -0.15) is 13.2 Å². The molecule has 0 aliphatic carbocycles. The first kappa shape index (κ1) is 12.0. The van der Waals surface area contributed by atoms with E-state index in [1.807, 2.05) is 0 Å². The molecule has 0 spiro atoms. The van der Waals surface area contributed by atoms with Crippen LogP contribution in [0.25, 0.3) is 6.08 Å². The Labute approximate surface area is 89.0 Å². The quantitative estimate of drug-likeness (QED) is 0.803. The van der Waals surface area contributed by atoms with Crippen LogP contribution < -0.4 is 0 Å². The van der Waals surface area contributed by atoms with E-state index in [1.165, 1.54) is 18.3 Å². The van der Waals surface area contributed by atoms with Gasteiger partial charge in [0.2, 0.25) is 0 Å². The highest BCUT2D eigenvalue weighted by Gasteiger charge is 2.33. The van der Waals surface area contributed by atoms with E-state index in [1.54, 1.807) is 0 Å². The fourth-order valence-electron chi connectivity index (χ4n) is 0.943. The zero-order chi connectivity index (χ0) is 11.5. The van der Waals surface area contributed by atoms with Crippen LogP contribution in [0.2, 0.25) is 5.15 Å². The normalized spacial score (nSPS) is 12.3. The molecule has 0 atom stereocenters. The summed E-state index contributed by atoms with van der Waals surface area (Å²) >= 11 is 5.31. The van der Waals surface area contributed by atoms with Crippen molar-refractivity contribution in [3.05, 3.63) is 34.6 Å². The summed E-state index contributed by atoms with van der Waals surface area (Å²) in [6, 6.07) is 0.876. The summed E-state index contributed by atoms with van der Waals surface area (Å²) in [6.07, 6.45) is -0.680. The summed E-state index contributed by atoms with van der Waals surface area (Å²) in [4.78, 5) is 3.41. The number of aliphatic hydroxyl groups is 1. The highest BCUT2D eigenvalue weighted by atomic mass is 35.5. The van der Waals surface area contributed by atoms with Crippen molar-refractivity contribution in [1.82, 2.24) is 4.98 Å². The second-order valence-electron chi connectivity index (χ2n) is 2.69. The first-order chi connectivity index (χ1) is 6.95. The van der Waals surface area contributed by atoms with Gasteiger partial charge in [0.15, 0.2) is 0 Å². The van der Waals surface area contributed by atoms with Crippen LogP contribution >= 0.6 is 11.6 Å². The van der Waals surface area contributed by atoms with Crippen molar-refractivity contribution >= 4 is 17.7 Å². The van der Waals surface area contributed by atoms with Crippen LogP contribution in [0.5, 0.6) is 0 Å².